The maximum Gasteiger partial charge on any atom is 0.226 e. The van der Waals surface area contributed by atoms with E-state index in [1.807, 2.05) is 33.8 Å². The highest BCUT2D eigenvalue weighted by Gasteiger charge is 2.23. The third-order valence-corrected chi connectivity index (χ3v) is 3.70. The van der Waals surface area contributed by atoms with Gasteiger partial charge in [-0.2, -0.15) is 0 Å². The van der Waals surface area contributed by atoms with Gasteiger partial charge < -0.3 is 16.4 Å². The van der Waals surface area contributed by atoms with E-state index >= 15 is 0 Å². The number of anilines is 2. The van der Waals surface area contributed by atoms with Crippen LogP contribution in [0.1, 0.15) is 39.7 Å². The Morgan fingerprint density at radius 1 is 1.39 bits per heavy atom. The van der Waals surface area contributed by atoms with Crippen molar-refractivity contribution in [1.82, 2.24) is 0 Å². The van der Waals surface area contributed by atoms with Crippen molar-refractivity contribution in [3.8, 4) is 0 Å². The molecular weight excluding hydrogens is 312 g/mol. The summed E-state index contributed by atoms with van der Waals surface area (Å²) in [6, 6.07) is 3.63. The molecule has 0 unspecified atom stereocenters. The summed E-state index contributed by atoms with van der Waals surface area (Å²) in [5.74, 6) is -0.0653. The molecule has 4 N–H and O–H groups in total. The van der Waals surface area contributed by atoms with Gasteiger partial charge in [0.2, 0.25) is 5.91 Å². The highest BCUT2D eigenvalue weighted by atomic mass is 35.5. The fourth-order valence-corrected chi connectivity index (χ4v) is 2.53. The zero-order chi connectivity index (χ0) is 17.2. The van der Waals surface area contributed by atoms with Crippen molar-refractivity contribution in [1.29, 1.82) is 0 Å². The summed E-state index contributed by atoms with van der Waals surface area (Å²) in [6.07, 6.45) is 3.64. The largest absolute Gasteiger partial charge is 0.404 e. The number of carbonyl (C=O) groups excluding carboxylic acids is 1. The molecule has 1 aromatic carbocycles. The van der Waals surface area contributed by atoms with Crippen molar-refractivity contribution in [3.05, 3.63) is 28.9 Å². The fraction of sp³-hybridized carbons (Fsp3) is 0.412. The first-order valence-corrected chi connectivity index (χ1v) is 7.95. The molecule has 0 fully saturated rings. The van der Waals surface area contributed by atoms with Crippen LogP contribution in [0.5, 0.6) is 0 Å². The molecule has 0 radical (unpaired) electrons. The molecule has 5 nitrogen and oxygen atoms in total. The third kappa shape index (κ3) is 4.26. The summed E-state index contributed by atoms with van der Waals surface area (Å²) in [7, 11) is 0. The third-order valence-electron chi connectivity index (χ3n) is 3.38. The van der Waals surface area contributed by atoms with Crippen LogP contribution in [0, 0.1) is 0 Å². The van der Waals surface area contributed by atoms with Crippen LogP contribution in [-0.4, -0.2) is 23.7 Å². The quantitative estimate of drug-likeness (QED) is 0.722. The predicted molar refractivity (Wildman–Crippen MR) is 98.2 cm³/mol. The lowest BCUT2D eigenvalue weighted by molar-refractivity contribution is -0.116. The van der Waals surface area contributed by atoms with E-state index in [1.165, 1.54) is 6.20 Å². The smallest absolute Gasteiger partial charge is 0.226 e. The number of halogens is 1. The average Bonchev–Trinajstić information content (AvgIpc) is 2.58. The number of aliphatic imine (C=N–C) groups is 1. The van der Waals surface area contributed by atoms with Crippen LogP contribution < -0.4 is 16.4 Å². The Morgan fingerprint density at radius 2 is 2.09 bits per heavy atom. The molecule has 0 aliphatic carbocycles. The van der Waals surface area contributed by atoms with E-state index in [1.54, 1.807) is 12.3 Å². The number of benzene rings is 1. The van der Waals surface area contributed by atoms with E-state index in [0.29, 0.717) is 17.1 Å². The van der Waals surface area contributed by atoms with Crippen LogP contribution in [0.25, 0.3) is 5.57 Å². The van der Waals surface area contributed by atoms with Gasteiger partial charge >= 0.3 is 0 Å². The maximum atomic E-state index is 11.9. The number of nitrogens with one attached hydrogen (secondary N) is 2. The zero-order valence-electron chi connectivity index (χ0n) is 13.9. The monoisotopic (exact) mass is 334 g/mol. The first-order chi connectivity index (χ1) is 10.7. The molecule has 1 aliphatic rings. The summed E-state index contributed by atoms with van der Waals surface area (Å²) in [6.45, 7) is 8.00. The molecule has 1 atom stereocenters. The van der Waals surface area contributed by atoms with E-state index in [0.717, 1.165) is 16.8 Å². The molecule has 6 heteroatoms. The van der Waals surface area contributed by atoms with Gasteiger partial charge in [-0.15, -0.1) is 0 Å². The standard InChI is InChI=1S/C17H23ClN4O/c1-10-7-14(23)22-16-13(18)6-5-12(15(16)21-10)11(8-19)9-20-17(2,3)4/h5-6,8-10,21H,7,19H2,1-4H3,(H,22,23)/b11-8+,20-9?/t10-/m1/s1. The number of carbonyl (C=O) groups is 1. The molecule has 23 heavy (non-hydrogen) atoms. The summed E-state index contributed by atoms with van der Waals surface area (Å²) in [5.41, 5.74) is 8.58. The van der Waals surface area contributed by atoms with Crippen LogP contribution in [-0.2, 0) is 4.79 Å². The van der Waals surface area contributed by atoms with Gasteiger partial charge in [-0.25, -0.2) is 0 Å². The minimum Gasteiger partial charge on any atom is -0.404 e. The second kappa shape index (κ2) is 6.62. The Balaban J connectivity index is 2.54. The molecule has 1 heterocycles. The summed E-state index contributed by atoms with van der Waals surface area (Å²) in [4.78, 5) is 16.5. The Kier molecular flexibility index (Phi) is 5.00. The number of allylic oxidation sites excluding steroid dienone is 1. The summed E-state index contributed by atoms with van der Waals surface area (Å²) < 4.78 is 0. The summed E-state index contributed by atoms with van der Waals surface area (Å²) in [5, 5.41) is 6.70. The van der Waals surface area contributed by atoms with E-state index in [4.69, 9.17) is 17.3 Å². The number of nitrogens with two attached hydrogens (primary N) is 1. The zero-order valence-corrected chi connectivity index (χ0v) is 14.7. The highest BCUT2D eigenvalue weighted by molar-refractivity contribution is 6.35. The van der Waals surface area contributed by atoms with Crippen molar-refractivity contribution < 1.29 is 4.79 Å². The highest BCUT2D eigenvalue weighted by Crippen LogP contribution is 2.38. The van der Waals surface area contributed by atoms with Crippen molar-refractivity contribution in [3.63, 3.8) is 0 Å². The van der Waals surface area contributed by atoms with Gasteiger partial charge in [0.15, 0.2) is 0 Å². The lowest BCUT2D eigenvalue weighted by Crippen LogP contribution is -2.19. The summed E-state index contributed by atoms with van der Waals surface area (Å²) >= 11 is 6.26. The average molecular weight is 335 g/mol. The minimum absolute atomic E-state index is 0.00736. The fourth-order valence-electron chi connectivity index (χ4n) is 2.32. The van der Waals surface area contributed by atoms with Crippen LogP contribution >= 0.6 is 11.6 Å². The van der Waals surface area contributed by atoms with Crippen molar-refractivity contribution in [2.75, 3.05) is 10.6 Å². The molecule has 0 saturated carbocycles. The first kappa shape index (κ1) is 17.3. The van der Waals surface area contributed by atoms with Gasteiger partial charge in [0.05, 0.1) is 21.9 Å². The second-order valence-electron chi connectivity index (χ2n) is 6.69. The lowest BCUT2D eigenvalue weighted by atomic mass is 10.0. The number of rotatable bonds is 2. The molecule has 0 bridgehead atoms. The van der Waals surface area contributed by atoms with Gasteiger partial charge in [-0.1, -0.05) is 17.7 Å². The van der Waals surface area contributed by atoms with Crippen molar-refractivity contribution in [2.45, 2.75) is 45.7 Å². The SMILES string of the molecule is C[C@@H]1CC(=O)Nc2c(Cl)ccc(/C(C=NC(C)(C)C)=C/N)c2N1. The Labute approximate surface area is 142 Å². The van der Waals surface area contributed by atoms with Gasteiger partial charge in [0.25, 0.3) is 0 Å². The normalized spacial score (nSPS) is 19.1. The minimum atomic E-state index is -0.202. The number of hydrogen-bond donors (Lipinski definition) is 3. The second-order valence-corrected chi connectivity index (χ2v) is 7.10. The van der Waals surface area contributed by atoms with E-state index in [9.17, 15) is 4.79 Å². The topological polar surface area (TPSA) is 79.5 Å². The van der Waals surface area contributed by atoms with E-state index < -0.39 is 0 Å². The Bertz CT molecular complexity index is 674. The molecule has 0 saturated heterocycles. The molecule has 1 aromatic rings. The molecule has 1 aliphatic heterocycles. The molecule has 2 rings (SSSR count). The van der Waals surface area contributed by atoms with Crippen LogP contribution in [0.4, 0.5) is 11.4 Å². The molecule has 124 valence electrons. The van der Waals surface area contributed by atoms with Crippen LogP contribution in [0.3, 0.4) is 0 Å². The molecular formula is C17H23ClN4O. The van der Waals surface area contributed by atoms with Gasteiger partial charge in [-0.3, -0.25) is 9.79 Å². The Hall–Kier alpha value is -2.01. The van der Waals surface area contributed by atoms with E-state index in [2.05, 4.69) is 15.6 Å². The number of amides is 1. The van der Waals surface area contributed by atoms with Gasteiger partial charge in [0.1, 0.15) is 0 Å². The number of hydrogen-bond acceptors (Lipinski definition) is 4. The number of fused-ring (bicyclic) bond motifs is 1. The van der Waals surface area contributed by atoms with Gasteiger partial charge in [-0.05, 0) is 33.8 Å². The predicted octanol–water partition coefficient (Wildman–Crippen LogP) is 3.65. The van der Waals surface area contributed by atoms with Crippen LogP contribution in [0.15, 0.2) is 23.3 Å². The maximum absolute atomic E-state index is 11.9. The van der Waals surface area contributed by atoms with Crippen molar-refractivity contribution >= 4 is 40.7 Å². The number of nitrogens with zero attached hydrogens (tertiary/aromatic N) is 1. The van der Waals surface area contributed by atoms with E-state index in [-0.39, 0.29) is 17.5 Å². The molecule has 1 amide bonds. The molecule has 0 spiro atoms. The lowest BCUT2D eigenvalue weighted by Gasteiger charge is -2.18. The van der Waals surface area contributed by atoms with Gasteiger partial charge in [0, 0.05) is 36.0 Å². The Morgan fingerprint density at radius 3 is 2.70 bits per heavy atom. The first-order valence-electron chi connectivity index (χ1n) is 7.57. The van der Waals surface area contributed by atoms with Crippen molar-refractivity contribution in [2.24, 2.45) is 10.7 Å². The van der Waals surface area contributed by atoms with Crippen LogP contribution in [0.2, 0.25) is 5.02 Å². The molecule has 0 aromatic heterocycles.